The van der Waals surface area contributed by atoms with Crippen LogP contribution in [0.4, 0.5) is 0 Å². The van der Waals surface area contributed by atoms with Crippen molar-refractivity contribution in [3.63, 3.8) is 0 Å². The highest BCUT2D eigenvalue weighted by molar-refractivity contribution is 6.08. The van der Waals surface area contributed by atoms with Gasteiger partial charge in [-0.25, -0.2) is 4.98 Å². The van der Waals surface area contributed by atoms with Crippen molar-refractivity contribution in [3.05, 3.63) is 83.6 Å². The Labute approximate surface area is 176 Å². The van der Waals surface area contributed by atoms with Crippen molar-refractivity contribution >= 4 is 22.1 Å². The Morgan fingerprint density at radius 2 is 1.57 bits per heavy atom. The van der Waals surface area contributed by atoms with Crippen molar-refractivity contribution < 1.29 is 4.42 Å². The molecule has 0 N–H and O–H groups in total. The van der Waals surface area contributed by atoms with Crippen LogP contribution in [-0.2, 0) is 0 Å². The molecular weight excluding hydrogens is 368 g/mol. The molecule has 5 aromatic rings. The van der Waals surface area contributed by atoms with Gasteiger partial charge in [-0.3, -0.25) is 4.98 Å². The van der Waals surface area contributed by atoms with Crippen molar-refractivity contribution in [2.24, 2.45) is 0 Å². The molecule has 0 aliphatic carbocycles. The van der Waals surface area contributed by atoms with Gasteiger partial charge in [-0.1, -0.05) is 44.2 Å². The minimum atomic E-state index is 0.447. The molecule has 0 aliphatic rings. The number of nitrogens with zero attached hydrogens (tertiary/aromatic N) is 2. The van der Waals surface area contributed by atoms with Gasteiger partial charge in [-0.15, -0.1) is 0 Å². The Kier molecular flexibility index (Phi) is 4.39. The molecule has 2 aromatic carbocycles. The molecule has 30 heavy (non-hydrogen) atoms. The molecule has 0 atom stereocenters. The van der Waals surface area contributed by atoms with Crippen LogP contribution in [0.3, 0.4) is 0 Å². The second kappa shape index (κ2) is 7.10. The van der Waals surface area contributed by atoms with Gasteiger partial charge in [0.1, 0.15) is 5.58 Å². The Morgan fingerprint density at radius 1 is 0.800 bits per heavy atom. The average Bonchev–Trinajstić information content (AvgIpc) is 3.11. The van der Waals surface area contributed by atoms with Gasteiger partial charge in [0.05, 0.1) is 11.4 Å². The zero-order valence-corrected chi connectivity index (χ0v) is 17.7. The lowest BCUT2D eigenvalue weighted by Crippen LogP contribution is -1.90. The highest BCUT2D eigenvalue weighted by Gasteiger charge is 2.16. The number of aryl methyl sites for hydroxylation is 2. The molecule has 0 saturated carbocycles. The summed E-state index contributed by atoms with van der Waals surface area (Å²) >= 11 is 0. The number of hydrogen-bond acceptors (Lipinski definition) is 3. The number of pyridine rings is 2. The van der Waals surface area contributed by atoms with E-state index < -0.39 is 0 Å². The number of benzene rings is 2. The summed E-state index contributed by atoms with van der Waals surface area (Å²) < 4.78 is 6.33. The standard InChI is InChI=1S/C27H24N2O/c1-16(2)19-13-14-28-24(15-19)22-10-6-9-20-21-11-12-23(29-27(21)30-26(20)22)25-17(3)7-5-8-18(25)4/h5-16H,1-4H3. The van der Waals surface area contributed by atoms with E-state index in [-0.39, 0.29) is 0 Å². The van der Waals surface area contributed by atoms with Crippen LogP contribution in [0.2, 0.25) is 0 Å². The average molecular weight is 393 g/mol. The lowest BCUT2D eigenvalue weighted by atomic mass is 9.99. The SMILES string of the molecule is Cc1cccc(C)c1-c1ccc2c(n1)oc1c(-c3cc(C(C)C)ccn3)cccc12. The van der Waals surface area contributed by atoms with E-state index in [1.54, 1.807) is 0 Å². The van der Waals surface area contributed by atoms with Crippen LogP contribution in [0.5, 0.6) is 0 Å². The minimum absolute atomic E-state index is 0.447. The molecule has 148 valence electrons. The first-order valence-electron chi connectivity index (χ1n) is 10.4. The van der Waals surface area contributed by atoms with Crippen LogP contribution in [0, 0.1) is 13.8 Å². The van der Waals surface area contributed by atoms with Crippen LogP contribution in [0.1, 0.15) is 36.5 Å². The number of aromatic nitrogens is 2. The van der Waals surface area contributed by atoms with Crippen molar-refractivity contribution in [2.75, 3.05) is 0 Å². The third-order valence-electron chi connectivity index (χ3n) is 5.83. The number of rotatable bonds is 3. The van der Waals surface area contributed by atoms with E-state index in [0.29, 0.717) is 11.6 Å². The lowest BCUT2D eigenvalue weighted by Gasteiger charge is -2.08. The Morgan fingerprint density at radius 3 is 2.33 bits per heavy atom. The highest BCUT2D eigenvalue weighted by Crippen LogP contribution is 2.36. The van der Waals surface area contributed by atoms with Crippen molar-refractivity contribution in [3.8, 4) is 22.5 Å². The summed E-state index contributed by atoms with van der Waals surface area (Å²) in [6, 6.07) is 21.0. The monoisotopic (exact) mass is 392 g/mol. The van der Waals surface area contributed by atoms with E-state index >= 15 is 0 Å². The molecule has 3 heteroatoms. The molecule has 0 amide bonds. The van der Waals surface area contributed by atoms with Gasteiger partial charge in [0.25, 0.3) is 0 Å². The summed E-state index contributed by atoms with van der Waals surface area (Å²) in [6.07, 6.45) is 1.88. The summed E-state index contributed by atoms with van der Waals surface area (Å²) in [6.45, 7) is 8.64. The van der Waals surface area contributed by atoms with Gasteiger partial charge in [0.2, 0.25) is 5.71 Å². The molecule has 0 fully saturated rings. The topological polar surface area (TPSA) is 38.9 Å². The van der Waals surface area contributed by atoms with Crippen LogP contribution < -0.4 is 0 Å². The quantitative estimate of drug-likeness (QED) is 0.320. The van der Waals surface area contributed by atoms with Gasteiger partial charge >= 0.3 is 0 Å². The summed E-state index contributed by atoms with van der Waals surface area (Å²) in [7, 11) is 0. The van der Waals surface area contributed by atoms with Crippen molar-refractivity contribution in [2.45, 2.75) is 33.6 Å². The fourth-order valence-corrected chi connectivity index (χ4v) is 4.19. The first-order chi connectivity index (χ1) is 14.5. The molecule has 3 aromatic heterocycles. The molecule has 3 nitrogen and oxygen atoms in total. The molecule has 0 spiro atoms. The first kappa shape index (κ1) is 18.6. The summed E-state index contributed by atoms with van der Waals surface area (Å²) in [5, 5.41) is 2.10. The molecule has 0 unspecified atom stereocenters. The maximum Gasteiger partial charge on any atom is 0.227 e. The highest BCUT2D eigenvalue weighted by atomic mass is 16.3. The van der Waals surface area contributed by atoms with Gasteiger partial charge in [0, 0.05) is 28.1 Å². The maximum absolute atomic E-state index is 6.33. The fourth-order valence-electron chi connectivity index (χ4n) is 4.19. The Balaban J connectivity index is 1.72. The summed E-state index contributed by atoms with van der Waals surface area (Å²) in [4.78, 5) is 9.52. The van der Waals surface area contributed by atoms with Gasteiger partial charge in [-0.05, 0) is 66.8 Å². The molecule has 5 rings (SSSR count). The smallest absolute Gasteiger partial charge is 0.227 e. The minimum Gasteiger partial charge on any atom is -0.437 e. The van der Waals surface area contributed by atoms with E-state index in [4.69, 9.17) is 9.40 Å². The molecule has 0 bridgehead atoms. The fraction of sp³-hybridized carbons (Fsp3) is 0.185. The zero-order valence-electron chi connectivity index (χ0n) is 17.7. The van der Waals surface area contributed by atoms with Gasteiger partial charge in [-0.2, -0.15) is 0 Å². The van der Waals surface area contributed by atoms with E-state index in [2.05, 4.69) is 93.3 Å². The van der Waals surface area contributed by atoms with E-state index in [9.17, 15) is 0 Å². The Bertz CT molecular complexity index is 1370. The third-order valence-corrected chi connectivity index (χ3v) is 5.83. The second-order valence-corrected chi connectivity index (χ2v) is 8.23. The van der Waals surface area contributed by atoms with E-state index in [0.717, 1.165) is 33.3 Å². The maximum atomic E-state index is 6.33. The van der Waals surface area contributed by atoms with Gasteiger partial charge in [0.15, 0.2) is 0 Å². The van der Waals surface area contributed by atoms with Gasteiger partial charge < -0.3 is 4.42 Å². The van der Waals surface area contributed by atoms with E-state index in [1.807, 2.05) is 6.20 Å². The molecule has 3 heterocycles. The van der Waals surface area contributed by atoms with Crippen LogP contribution >= 0.6 is 0 Å². The predicted molar refractivity (Wildman–Crippen MR) is 124 cm³/mol. The second-order valence-electron chi connectivity index (χ2n) is 8.23. The normalized spacial score (nSPS) is 11.6. The molecular formula is C27H24N2O. The third kappa shape index (κ3) is 2.98. The molecule has 0 saturated heterocycles. The van der Waals surface area contributed by atoms with Crippen molar-refractivity contribution in [1.82, 2.24) is 9.97 Å². The summed E-state index contributed by atoms with van der Waals surface area (Å²) in [5.74, 6) is 0.447. The number of hydrogen-bond donors (Lipinski definition) is 0. The molecule has 0 radical (unpaired) electrons. The van der Waals surface area contributed by atoms with Crippen LogP contribution in [-0.4, -0.2) is 9.97 Å². The number of para-hydroxylation sites is 1. The first-order valence-corrected chi connectivity index (χ1v) is 10.4. The number of fused-ring (bicyclic) bond motifs is 3. The Hall–Kier alpha value is -3.46. The van der Waals surface area contributed by atoms with Crippen molar-refractivity contribution in [1.29, 1.82) is 0 Å². The molecule has 0 aliphatic heterocycles. The van der Waals surface area contributed by atoms with Crippen LogP contribution in [0.15, 0.2) is 71.3 Å². The largest absolute Gasteiger partial charge is 0.437 e. The predicted octanol–water partition coefficient (Wildman–Crippen LogP) is 7.45. The van der Waals surface area contributed by atoms with Crippen LogP contribution in [0.25, 0.3) is 44.6 Å². The summed E-state index contributed by atoms with van der Waals surface area (Å²) in [5.41, 5.74) is 9.25. The van der Waals surface area contributed by atoms with E-state index in [1.165, 1.54) is 22.3 Å². The number of furan rings is 1. The lowest BCUT2D eigenvalue weighted by molar-refractivity contribution is 0.655. The zero-order chi connectivity index (χ0) is 20.8.